The maximum Gasteiger partial charge on any atom is 0.419 e. The van der Waals surface area contributed by atoms with E-state index in [0.29, 0.717) is 18.4 Å². The fourth-order valence-corrected chi connectivity index (χ4v) is 2.25. The third-order valence-electron chi connectivity index (χ3n) is 3.63. The molecular weight excluding hydrogens is 361 g/mol. The summed E-state index contributed by atoms with van der Waals surface area (Å²) in [6.07, 6.45) is -4.45. The molecule has 0 aliphatic heterocycles. The van der Waals surface area contributed by atoms with Crippen molar-refractivity contribution in [3.05, 3.63) is 47.2 Å². The normalized spacial score (nSPS) is 12.1. The predicted octanol–water partition coefficient (Wildman–Crippen LogP) is 3.44. The third-order valence-corrected chi connectivity index (χ3v) is 3.63. The molecule has 0 aliphatic rings. The number of benzene rings is 1. The Hall–Kier alpha value is -2.71. The lowest BCUT2D eigenvalue weighted by atomic mass is 10.2. The van der Waals surface area contributed by atoms with Gasteiger partial charge in [-0.2, -0.15) is 13.2 Å². The van der Waals surface area contributed by atoms with Gasteiger partial charge in [0.2, 0.25) is 5.89 Å². The zero-order valence-corrected chi connectivity index (χ0v) is 15.5. The highest BCUT2D eigenvalue weighted by atomic mass is 19.4. The zero-order valence-electron chi connectivity index (χ0n) is 15.5. The first-order chi connectivity index (χ1) is 12.8. The standard InChI is InChI=1S/C18H23F3N4O2/c1-4-22-17(24-11-16-25-12(2)13(3)27-16)23-9-10-26-15-8-6-5-7-14(15)18(19,20)21/h5-8H,4,9-11H2,1-3H3,(H2,22,23,24). The first kappa shape index (κ1) is 20.6. The van der Waals surface area contributed by atoms with E-state index in [-0.39, 0.29) is 25.4 Å². The van der Waals surface area contributed by atoms with Gasteiger partial charge in [-0.15, -0.1) is 0 Å². The van der Waals surface area contributed by atoms with Crippen molar-refractivity contribution in [2.24, 2.45) is 4.99 Å². The summed E-state index contributed by atoms with van der Waals surface area (Å²) in [5.41, 5.74) is 0.0232. The summed E-state index contributed by atoms with van der Waals surface area (Å²) in [5.74, 6) is 1.55. The summed E-state index contributed by atoms with van der Waals surface area (Å²) in [6.45, 7) is 6.80. The van der Waals surface area contributed by atoms with Crippen molar-refractivity contribution in [1.29, 1.82) is 0 Å². The van der Waals surface area contributed by atoms with E-state index in [2.05, 4.69) is 20.6 Å². The number of aliphatic imine (C=N–C) groups is 1. The van der Waals surface area contributed by atoms with E-state index in [4.69, 9.17) is 9.15 Å². The molecule has 0 saturated carbocycles. The predicted molar refractivity (Wildman–Crippen MR) is 95.7 cm³/mol. The molecule has 2 rings (SSSR count). The van der Waals surface area contributed by atoms with Gasteiger partial charge in [-0.25, -0.2) is 9.98 Å². The molecular formula is C18H23F3N4O2. The lowest BCUT2D eigenvalue weighted by Gasteiger charge is -2.15. The van der Waals surface area contributed by atoms with Crippen LogP contribution in [0.3, 0.4) is 0 Å². The van der Waals surface area contributed by atoms with Gasteiger partial charge in [0, 0.05) is 6.54 Å². The van der Waals surface area contributed by atoms with Crippen molar-refractivity contribution in [3.8, 4) is 5.75 Å². The maximum atomic E-state index is 12.9. The minimum absolute atomic E-state index is 0.0503. The van der Waals surface area contributed by atoms with Gasteiger partial charge in [-0.1, -0.05) is 12.1 Å². The number of ether oxygens (including phenoxy) is 1. The fraction of sp³-hybridized carbons (Fsp3) is 0.444. The molecule has 0 saturated heterocycles. The largest absolute Gasteiger partial charge is 0.491 e. The highest BCUT2D eigenvalue weighted by Gasteiger charge is 2.33. The molecule has 0 amide bonds. The van der Waals surface area contributed by atoms with E-state index in [1.807, 2.05) is 20.8 Å². The summed E-state index contributed by atoms with van der Waals surface area (Å²) < 4.78 is 49.6. The first-order valence-electron chi connectivity index (χ1n) is 8.55. The van der Waals surface area contributed by atoms with Crippen LogP contribution in [0.4, 0.5) is 13.2 Å². The Labute approximate surface area is 155 Å². The summed E-state index contributed by atoms with van der Waals surface area (Å²) >= 11 is 0. The van der Waals surface area contributed by atoms with E-state index in [0.717, 1.165) is 17.5 Å². The van der Waals surface area contributed by atoms with Crippen LogP contribution in [0.2, 0.25) is 0 Å². The number of hydrogen-bond acceptors (Lipinski definition) is 4. The third kappa shape index (κ3) is 6.19. The number of aromatic nitrogens is 1. The summed E-state index contributed by atoms with van der Waals surface area (Å²) in [7, 11) is 0. The highest BCUT2D eigenvalue weighted by molar-refractivity contribution is 5.79. The van der Waals surface area contributed by atoms with E-state index >= 15 is 0 Å². The molecule has 2 aromatic rings. The number of rotatable bonds is 7. The van der Waals surface area contributed by atoms with E-state index in [1.54, 1.807) is 0 Å². The van der Waals surface area contributed by atoms with Gasteiger partial charge in [-0.3, -0.25) is 0 Å². The van der Waals surface area contributed by atoms with Crippen molar-refractivity contribution in [2.45, 2.75) is 33.5 Å². The second kappa shape index (κ2) is 9.29. The van der Waals surface area contributed by atoms with Crippen molar-refractivity contribution < 1.29 is 22.3 Å². The molecule has 0 radical (unpaired) electrons. The molecule has 0 bridgehead atoms. The van der Waals surface area contributed by atoms with Gasteiger partial charge < -0.3 is 19.8 Å². The molecule has 0 aliphatic carbocycles. The topological polar surface area (TPSA) is 71.7 Å². The molecule has 9 heteroatoms. The average Bonchev–Trinajstić information content (AvgIpc) is 2.94. The lowest BCUT2D eigenvalue weighted by molar-refractivity contribution is -0.138. The Morgan fingerprint density at radius 2 is 1.96 bits per heavy atom. The van der Waals surface area contributed by atoms with Gasteiger partial charge in [0.05, 0.1) is 17.8 Å². The molecule has 1 heterocycles. The number of aryl methyl sites for hydroxylation is 2. The van der Waals surface area contributed by atoms with Gasteiger partial charge in [-0.05, 0) is 32.9 Å². The number of hydrogen-bond donors (Lipinski definition) is 2. The highest BCUT2D eigenvalue weighted by Crippen LogP contribution is 2.35. The Balaban J connectivity index is 1.89. The van der Waals surface area contributed by atoms with Gasteiger partial charge in [0.25, 0.3) is 0 Å². The van der Waals surface area contributed by atoms with Crippen molar-refractivity contribution in [3.63, 3.8) is 0 Å². The Bertz CT molecular complexity index is 753. The molecule has 0 atom stereocenters. The summed E-state index contributed by atoms with van der Waals surface area (Å²) in [6, 6.07) is 5.13. The SMILES string of the molecule is CCNC(=NCc1nc(C)c(C)o1)NCCOc1ccccc1C(F)(F)F. The lowest BCUT2D eigenvalue weighted by Crippen LogP contribution is -2.39. The number of oxazole rings is 1. The number of guanidine groups is 1. The minimum Gasteiger partial charge on any atom is -0.491 e. The number of para-hydroxylation sites is 1. The van der Waals surface area contributed by atoms with Crippen LogP contribution >= 0.6 is 0 Å². The van der Waals surface area contributed by atoms with E-state index in [1.165, 1.54) is 18.2 Å². The van der Waals surface area contributed by atoms with Crippen LogP contribution in [0.5, 0.6) is 5.75 Å². The average molecular weight is 384 g/mol. The van der Waals surface area contributed by atoms with Crippen LogP contribution in [-0.2, 0) is 12.7 Å². The smallest absolute Gasteiger partial charge is 0.419 e. The van der Waals surface area contributed by atoms with E-state index < -0.39 is 11.7 Å². The van der Waals surface area contributed by atoms with Crippen molar-refractivity contribution in [1.82, 2.24) is 15.6 Å². The Kier molecular flexibility index (Phi) is 7.09. The summed E-state index contributed by atoms with van der Waals surface area (Å²) in [4.78, 5) is 8.59. The molecule has 27 heavy (non-hydrogen) atoms. The second-order valence-corrected chi connectivity index (χ2v) is 5.71. The summed E-state index contributed by atoms with van der Waals surface area (Å²) in [5, 5.41) is 6.05. The molecule has 0 fully saturated rings. The number of nitrogens with zero attached hydrogens (tertiary/aromatic N) is 2. The number of nitrogens with one attached hydrogen (secondary N) is 2. The fourth-order valence-electron chi connectivity index (χ4n) is 2.25. The van der Waals surface area contributed by atoms with Crippen molar-refractivity contribution in [2.75, 3.05) is 19.7 Å². The first-order valence-corrected chi connectivity index (χ1v) is 8.55. The molecule has 1 aromatic carbocycles. The van der Waals surface area contributed by atoms with Gasteiger partial charge >= 0.3 is 6.18 Å². The Morgan fingerprint density at radius 3 is 2.59 bits per heavy atom. The minimum atomic E-state index is -4.45. The van der Waals surface area contributed by atoms with Gasteiger partial charge in [0.1, 0.15) is 24.7 Å². The molecule has 0 unspecified atom stereocenters. The van der Waals surface area contributed by atoms with E-state index in [9.17, 15) is 13.2 Å². The monoisotopic (exact) mass is 384 g/mol. The molecule has 6 nitrogen and oxygen atoms in total. The van der Waals surface area contributed by atoms with Crippen LogP contribution in [0.25, 0.3) is 0 Å². The second-order valence-electron chi connectivity index (χ2n) is 5.71. The van der Waals surface area contributed by atoms with Crippen LogP contribution in [0.15, 0.2) is 33.7 Å². The molecule has 148 valence electrons. The van der Waals surface area contributed by atoms with Crippen LogP contribution in [-0.4, -0.2) is 30.6 Å². The van der Waals surface area contributed by atoms with Crippen LogP contribution in [0, 0.1) is 13.8 Å². The zero-order chi connectivity index (χ0) is 19.9. The number of halogens is 3. The van der Waals surface area contributed by atoms with Gasteiger partial charge in [0.15, 0.2) is 5.96 Å². The number of alkyl halides is 3. The van der Waals surface area contributed by atoms with Crippen molar-refractivity contribution >= 4 is 5.96 Å². The molecule has 2 N–H and O–H groups in total. The Morgan fingerprint density at radius 1 is 1.22 bits per heavy atom. The quantitative estimate of drug-likeness (QED) is 0.435. The molecule has 0 spiro atoms. The van der Waals surface area contributed by atoms with Crippen LogP contribution in [0.1, 0.15) is 29.8 Å². The molecule has 1 aromatic heterocycles. The van der Waals surface area contributed by atoms with Crippen LogP contribution < -0.4 is 15.4 Å². The maximum absolute atomic E-state index is 12.9.